The van der Waals surface area contributed by atoms with Crippen LogP contribution in [0, 0.1) is 0 Å². The maximum atomic E-state index is 8.73. The van der Waals surface area contributed by atoms with Gasteiger partial charge in [0.15, 0.2) is 8.32 Å². The van der Waals surface area contributed by atoms with Crippen LogP contribution >= 0.6 is 0 Å². The zero-order chi connectivity index (χ0) is 15.2. The van der Waals surface area contributed by atoms with Crippen LogP contribution in [-0.2, 0) is 17.6 Å². The molecule has 0 atom stereocenters. The van der Waals surface area contributed by atoms with E-state index in [1.807, 2.05) is 0 Å². The highest BCUT2D eigenvalue weighted by Crippen LogP contribution is 2.37. The summed E-state index contributed by atoms with van der Waals surface area (Å²) < 4.78 is 6.21. The Morgan fingerprint density at radius 2 is 1.65 bits per heavy atom. The summed E-state index contributed by atoms with van der Waals surface area (Å²) >= 11 is 0. The third-order valence-corrected chi connectivity index (χ3v) is 8.52. The maximum Gasteiger partial charge on any atom is 0.192 e. The first-order chi connectivity index (χ1) is 9.26. The fourth-order valence-corrected chi connectivity index (χ4v) is 2.51. The second-order valence-corrected chi connectivity index (χ2v) is 11.6. The van der Waals surface area contributed by atoms with Crippen LogP contribution in [-0.4, -0.2) is 26.6 Å². The lowest BCUT2D eigenvalue weighted by Crippen LogP contribution is -2.40. The molecule has 0 amide bonds. The summed E-state index contributed by atoms with van der Waals surface area (Å²) in [5, 5.41) is 12.1. The Morgan fingerprint density at radius 1 is 1.10 bits per heavy atom. The molecule has 0 aliphatic rings. The molecular formula is C16H29NO2Si. The predicted molar refractivity (Wildman–Crippen MR) is 87.2 cm³/mol. The van der Waals surface area contributed by atoms with Crippen molar-refractivity contribution in [2.45, 2.75) is 52.1 Å². The second kappa shape index (κ2) is 7.36. The van der Waals surface area contributed by atoms with Crippen molar-refractivity contribution in [3.05, 3.63) is 35.4 Å². The SMILES string of the molecule is CC(C)(C)[Si](C)(C)OCc1ccc(CNCCO)cc1. The van der Waals surface area contributed by atoms with E-state index >= 15 is 0 Å². The fourth-order valence-electron chi connectivity index (χ4n) is 1.55. The molecule has 0 spiro atoms. The Morgan fingerprint density at radius 3 is 2.15 bits per heavy atom. The average molecular weight is 295 g/mol. The Kier molecular flexibility index (Phi) is 6.39. The molecule has 0 aromatic heterocycles. The number of nitrogens with one attached hydrogen (secondary N) is 1. The van der Waals surface area contributed by atoms with E-state index in [9.17, 15) is 0 Å². The van der Waals surface area contributed by atoms with E-state index in [-0.39, 0.29) is 11.6 Å². The maximum absolute atomic E-state index is 8.73. The lowest BCUT2D eigenvalue weighted by atomic mass is 10.1. The molecule has 20 heavy (non-hydrogen) atoms. The Balaban J connectivity index is 2.50. The van der Waals surface area contributed by atoms with Gasteiger partial charge in [-0.05, 0) is 29.3 Å². The number of rotatable bonds is 7. The van der Waals surface area contributed by atoms with Crippen molar-refractivity contribution in [1.82, 2.24) is 5.32 Å². The molecule has 0 heterocycles. The number of hydrogen-bond acceptors (Lipinski definition) is 3. The fraction of sp³-hybridized carbons (Fsp3) is 0.625. The molecule has 1 aromatic rings. The highest BCUT2D eigenvalue weighted by molar-refractivity contribution is 6.74. The normalized spacial score (nSPS) is 12.7. The second-order valence-electron chi connectivity index (χ2n) is 6.77. The first-order valence-corrected chi connectivity index (χ1v) is 10.2. The molecule has 0 unspecified atom stereocenters. The van der Waals surface area contributed by atoms with E-state index < -0.39 is 8.32 Å². The topological polar surface area (TPSA) is 41.5 Å². The van der Waals surface area contributed by atoms with Crippen LogP contribution in [0.2, 0.25) is 18.1 Å². The summed E-state index contributed by atoms with van der Waals surface area (Å²) in [6.45, 7) is 13.6. The number of hydrogen-bond donors (Lipinski definition) is 2. The summed E-state index contributed by atoms with van der Waals surface area (Å²) in [5.41, 5.74) is 2.45. The molecule has 0 aliphatic carbocycles. The van der Waals surface area contributed by atoms with Crippen LogP contribution < -0.4 is 5.32 Å². The predicted octanol–water partition coefficient (Wildman–Crippen LogP) is 3.29. The molecule has 0 aliphatic heterocycles. The molecule has 1 rings (SSSR count). The highest BCUT2D eigenvalue weighted by atomic mass is 28.4. The Hall–Kier alpha value is -0.683. The zero-order valence-corrected chi connectivity index (χ0v) is 14.5. The molecule has 0 saturated carbocycles. The third kappa shape index (κ3) is 5.36. The molecule has 3 nitrogen and oxygen atoms in total. The molecule has 0 fully saturated rings. The van der Waals surface area contributed by atoms with Gasteiger partial charge in [0.1, 0.15) is 0 Å². The van der Waals surface area contributed by atoms with Crippen molar-refractivity contribution < 1.29 is 9.53 Å². The van der Waals surface area contributed by atoms with E-state index in [1.54, 1.807) is 0 Å². The minimum absolute atomic E-state index is 0.179. The van der Waals surface area contributed by atoms with Gasteiger partial charge in [-0.2, -0.15) is 0 Å². The first-order valence-electron chi connectivity index (χ1n) is 7.29. The standard InChI is InChI=1S/C16H29NO2Si/c1-16(2,3)20(4,5)19-13-15-8-6-14(7-9-15)12-17-10-11-18/h6-9,17-18H,10-13H2,1-5H3. The van der Waals surface area contributed by atoms with Gasteiger partial charge in [-0.1, -0.05) is 45.0 Å². The van der Waals surface area contributed by atoms with Crippen LogP contribution in [0.1, 0.15) is 31.9 Å². The molecule has 114 valence electrons. The Labute approximate surface area is 124 Å². The molecule has 0 saturated heterocycles. The first kappa shape index (κ1) is 17.4. The van der Waals surface area contributed by atoms with Crippen LogP contribution in [0.4, 0.5) is 0 Å². The van der Waals surface area contributed by atoms with Gasteiger partial charge in [-0.3, -0.25) is 0 Å². The minimum atomic E-state index is -1.67. The zero-order valence-electron chi connectivity index (χ0n) is 13.5. The lowest BCUT2D eigenvalue weighted by molar-refractivity contribution is 0.276. The van der Waals surface area contributed by atoms with Gasteiger partial charge in [0.25, 0.3) is 0 Å². The molecular weight excluding hydrogens is 266 g/mol. The van der Waals surface area contributed by atoms with Crippen molar-refractivity contribution >= 4 is 8.32 Å². The number of benzene rings is 1. The van der Waals surface area contributed by atoms with Crippen molar-refractivity contribution in [2.75, 3.05) is 13.2 Å². The quantitative estimate of drug-likeness (QED) is 0.599. The molecule has 0 radical (unpaired) electrons. The van der Waals surface area contributed by atoms with Crippen molar-refractivity contribution in [2.24, 2.45) is 0 Å². The summed E-state index contributed by atoms with van der Waals surface area (Å²) in [6.07, 6.45) is 0. The monoisotopic (exact) mass is 295 g/mol. The van der Waals surface area contributed by atoms with Gasteiger partial charge in [-0.15, -0.1) is 0 Å². The van der Waals surface area contributed by atoms with E-state index in [2.05, 4.69) is 63.4 Å². The van der Waals surface area contributed by atoms with E-state index in [0.29, 0.717) is 13.2 Å². The van der Waals surface area contributed by atoms with E-state index in [0.717, 1.165) is 6.54 Å². The van der Waals surface area contributed by atoms with Crippen molar-refractivity contribution in [3.63, 3.8) is 0 Å². The van der Waals surface area contributed by atoms with Gasteiger partial charge in [-0.25, -0.2) is 0 Å². The summed E-state index contributed by atoms with van der Waals surface area (Å²) in [7, 11) is -1.67. The van der Waals surface area contributed by atoms with Gasteiger partial charge in [0.05, 0.1) is 13.2 Å². The van der Waals surface area contributed by atoms with Crippen LogP contribution in [0.3, 0.4) is 0 Å². The van der Waals surface area contributed by atoms with Gasteiger partial charge in [0.2, 0.25) is 0 Å². The molecule has 4 heteroatoms. The number of aliphatic hydroxyl groups excluding tert-OH is 1. The average Bonchev–Trinajstić information content (AvgIpc) is 2.37. The highest BCUT2D eigenvalue weighted by Gasteiger charge is 2.36. The smallest absolute Gasteiger partial charge is 0.192 e. The minimum Gasteiger partial charge on any atom is -0.413 e. The van der Waals surface area contributed by atoms with Crippen molar-refractivity contribution in [1.29, 1.82) is 0 Å². The van der Waals surface area contributed by atoms with Gasteiger partial charge < -0.3 is 14.8 Å². The molecule has 2 N–H and O–H groups in total. The Bertz CT molecular complexity index is 396. The van der Waals surface area contributed by atoms with Crippen LogP contribution in [0.5, 0.6) is 0 Å². The van der Waals surface area contributed by atoms with E-state index in [1.165, 1.54) is 11.1 Å². The van der Waals surface area contributed by atoms with Crippen LogP contribution in [0.25, 0.3) is 0 Å². The van der Waals surface area contributed by atoms with E-state index in [4.69, 9.17) is 9.53 Å². The summed E-state index contributed by atoms with van der Waals surface area (Å²) in [5.74, 6) is 0. The van der Waals surface area contributed by atoms with Crippen LogP contribution in [0.15, 0.2) is 24.3 Å². The third-order valence-electron chi connectivity index (χ3n) is 4.05. The number of aliphatic hydroxyl groups is 1. The van der Waals surface area contributed by atoms with Gasteiger partial charge in [0, 0.05) is 13.1 Å². The molecule has 0 bridgehead atoms. The van der Waals surface area contributed by atoms with Crippen molar-refractivity contribution in [3.8, 4) is 0 Å². The molecule has 1 aromatic carbocycles. The lowest BCUT2D eigenvalue weighted by Gasteiger charge is -2.36. The summed E-state index contributed by atoms with van der Waals surface area (Å²) in [4.78, 5) is 0. The summed E-state index contributed by atoms with van der Waals surface area (Å²) in [6, 6.07) is 8.50. The largest absolute Gasteiger partial charge is 0.413 e. The van der Waals surface area contributed by atoms with Gasteiger partial charge >= 0.3 is 0 Å².